The lowest BCUT2D eigenvalue weighted by Gasteiger charge is -2.38. The third kappa shape index (κ3) is 1.68. The first kappa shape index (κ1) is 12.9. The van der Waals surface area contributed by atoms with E-state index in [9.17, 15) is 13.2 Å². The zero-order chi connectivity index (χ0) is 13.5. The number of para-hydroxylation sites is 1. The minimum Gasteiger partial charge on any atom is -0.268 e. The average molecular weight is 268 g/mol. The van der Waals surface area contributed by atoms with Crippen LogP contribution in [-0.2, 0) is 10.2 Å². The van der Waals surface area contributed by atoms with E-state index in [4.69, 9.17) is 0 Å². The molecule has 6 heteroatoms. The van der Waals surface area contributed by atoms with Crippen LogP contribution >= 0.6 is 0 Å². The van der Waals surface area contributed by atoms with E-state index in [2.05, 4.69) is 0 Å². The van der Waals surface area contributed by atoms with Crippen LogP contribution in [0.25, 0.3) is 0 Å². The van der Waals surface area contributed by atoms with Crippen LogP contribution in [0.3, 0.4) is 0 Å². The van der Waals surface area contributed by atoms with Crippen molar-refractivity contribution in [2.45, 2.75) is 26.8 Å². The van der Waals surface area contributed by atoms with Crippen LogP contribution in [0.4, 0.5) is 5.69 Å². The van der Waals surface area contributed by atoms with Crippen molar-refractivity contribution in [3.8, 4) is 0 Å². The molecule has 2 rings (SSSR count). The molecule has 0 aromatic heterocycles. The summed E-state index contributed by atoms with van der Waals surface area (Å²) in [7, 11) is -3.76. The molecule has 18 heavy (non-hydrogen) atoms. The Kier molecular flexibility index (Phi) is 3.06. The standard InChI is InChI=1S/C12H16N2O3S/c1-4-13-11-8-6-5-7-10(11)12(15)14(9(2)3)18(13,16)17/h5-9H,4H2,1-3H3. The Morgan fingerprint density at radius 1 is 1.22 bits per heavy atom. The Balaban J connectivity index is 2.71. The van der Waals surface area contributed by atoms with Crippen LogP contribution in [0, 0.1) is 0 Å². The molecular weight excluding hydrogens is 252 g/mol. The summed E-state index contributed by atoms with van der Waals surface area (Å²) in [6, 6.07) is 6.39. The van der Waals surface area contributed by atoms with Crippen molar-refractivity contribution < 1.29 is 13.2 Å². The summed E-state index contributed by atoms with van der Waals surface area (Å²) in [6.07, 6.45) is 0. The predicted molar refractivity (Wildman–Crippen MR) is 69.7 cm³/mol. The fraction of sp³-hybridized carbons (Fsp3) is 0.417. The molecule has 1 aromatic carbocycles. The van der Waals surface area contributed by atoms with Gasteiger partial charge < -0.3 is 0 Å². The molecule has 0 aliphatic carbocycles. The zero-order valence-electron chi connectivity index (χ0n) is 10.6. The molecule has 1 aliphatic heterocycles. The van der Waals surface area contributed by atoms with Gasteiger partial charge in [0.05, 0.1) is 11.3 Å². The van der Waals surface area contributed by atoms with Gasteiger partial charge >= 0.3 is 10.2 Å². The van der Waals surface area contributed by atoms with Crippen molar-refractivity contribution in [1.29, 1.82) is 0 Å². The van der Waals surface area contributed by atoms with E-state index in [0.29, 0.717) is 17.8 Å². The second kappa shape index (κ2) is 4.28. The molecule has 0 spiro atoms. The normalized spacial score (nSPS) is 18.1. The molecule has 0 atom stereocenters. The SMILES string of the molecule is CCN1c2ccccc2C(=O)N(C(C)C)S1(=O)=O. The van der Waals surface area contributed by atoms with E-state index < -0.39 is 22.2 Å². The second-order valence-corrected chi connectivity index (χ2v) is 6.11. The number of hydrogen-bond acceptors (Lipinski definition) is 3. The monoisotopic (exact) mass is 268 g/mol. The third-order valence-electron chi connectivity index (χ3n) is 2.89. The van der Waals surface area contributed by atoms with Crippen molar-refractivity contribution in [1.82, 2.24) is 4.31 Å². The average Bonchev–Trinajstić information content (AvgIpc) is 2.28. The lowest BCUT2D eigenvalue weighted by atomic mass is 10.1. The lowest BCUT2D eigenvalue weighted by Crippen LogP contribution is -2.53. The maximum atomic E-state index is 12.4. The van der Waals surface area contributed by atoms with Crippen LogP contribution in [-0.4, -0.2) is 31.2 Å². The summed E-state index contributed by atoms with van der Waals surface area (Å²) in [6.45, 7) is 5.44. The van der Waals surface area contributed by atoms with Crippen LogP contribution in [0.1, 0.15) is 31.1 Å². The van der Waals surface area contributed by atoms with Gasteiger partial charge in [-0.05, 0) is 32.9 Å². The summed E-state index contributed by atoms with van der Waals surface area (Å²) in [5, 5.41) is 0. The van der Waals surface area contributed by atoms with Crippen molar-refractivity contribution in [3.05, 3.63) is 29.8 Å². The first-order valence-electron chi connectivity index (χ1n) is 5.86. The summed E-state index contributed by atoms with van der Waals surface area (Å²) < 4.78 is 27.0. The van der Waals surface area contributed by atoms with Crippen molar-refractivity contribution >= 4 is 21.8 Å². The smallest absolute Gasteiger partial charge is 0.268 e. The Morgan fingerprint density at radius 3 is 2.39 bits per heavy atom. The van der Waals surface area contributed by atoms with Crippen molar-refractivity contribution in [2.75, 3.05) is 10.8 Å². The van der Waals surface area contributed by atoms with Gasteiger partial charge in [-0.1, -0.05) is 12.1 Å². The predicted octanol–water partition coefficient (Wildman–Crippen LogP) is 1.62. The molecule has 0 unspecified atom stereocenters. The van der Waals surface area contributed by atoms with Crippen LogP contribution < -0.4 is 4.31 Å². The van der Waals surface area contributed by atoms with Gasteiger partial charge in [0.1, 0.15) is 0 Å². The number of nitrogens with zero attached hydrogens (tertiary/aromatic N) is 2. The number of carbonyl (C=O) groups is 1. The molecular formula is C12H16N2O3S. The van der Waals surface area contributed by atoms with E-state index in [-0.39, 0.29) is 0 Å². The molecule has 0 fully saturated rings. The molecule has 0 saturated carbocycles. The van der Waals surface area contributed by atoms with E-state index in [1.54, 1.807) is 45.0 Å². The fourth-order valence-corrected chi connectivity index (χ4v) is 3.95. The molecule has 98 valence electrons. The van der Waals surface area contributed by atoms with Gasteiger partial charge in [-0.2, -0.15) is 8.42 Å². The van der Waals surface area contributed by atoms with E-state index in [1.165, 1.54) is 4.31 Å². The maximum Gasteiger partial charge on any atom is 0.329 e. The zero-order valence-corrected chi connectivity index (χ0v) is 11.4. The van der Waals surface area contributed by atoms with Gasteiger partial charge in [-0.25, -0.2) is 4.31 Å². The summed E-state index contributed by atoms with van der Waals surface area (Å²) in [4.78, 5) is 12.3. The van der Waals surface area contributed by atoms with Gasteiger partial charge in [0, 0.05) is 12.6 Å². The molecule has 0 saturated heterocycles. The van der Waals surface area contributed by atoms with Gasteiger partial charge in [-0.3, -0.25) is 9.10 Å². The summed E-state index contributed by atoms with van der Waals surface area (Å²) in [5.74, 6) is -0.453. The number of fused-ring (bicyclic) bond motifs is 1. The molecule has 1 amide bonds. The fourth-order valence-electron chi connectivity index (χ4n) is 2.16. The lowest BCUT2D eigenvalue weighted by molar-refractivity contribution is 0.0831. The largest absolute Gasteiger partial charge is 0.329 e. The highest BCUT2D eigenvalue weighted by Gasteiger charge is 2.41. The molecule has 1 aliphatic rings. The first-order valence-corrected chi connectivity index (χ1v) is 7.26. The number of rotatable bonds is 2. The molecule has 0 N–H and O–H groups in total. The van der Waals surface area contributed by atoms with Crippen LogP contribution in [0.15, 0.2) is 24.3 Å². The molecule has 0 radical (unpaired) electrons. The van der Waals surface area contributed by atoms with Crippen LogP contribution in [0.5, 0.6) is 0 Å². The number of amides is 1. The number of benzene rings is 1. The topological polar surface area (TPSA) is 57.7 Å². The number of anilines is 1. The van der Waals surface area contributed by atoms with Gasteiger partial charge in [0.25, 0.3) is 5.91 Å². The highest BCUT2D eigenvalue weighted by Crippen LogP contribution is 2.32. The summed E-state index contributed by atoms with van der Waals surface area (Å²) >= 11 is 0. The molecule has 5 nitrogen and oxygen atoms in total. The van der Waals surface area contributed by atoms with Crippen molar-refractivity contribution in [2.24, 2.45) is 0 Å². The quantitative estimate of drug-likeness (QED) is 0.819. The first-order chi connectivity index (χ1) is 8.41. The molecule has 0 bridgehead atoms. The van der Waals surface area contributed by atoms with Gasteiger partial charge in [-0.15, -0.1) is 0 Å². The van der Waals surface area contributed by atoms with Gasteiger partial charge in [0.2, 0.25) is 0 Å². The van der Waals surface area contributed by atoms with Crippen molar-refractivity contribution in [3.63, 3.8) is 0 Å². The minimum atomic E-state index is -3.76. The third-order valence-corrected chi connectivity index (χ3v) is 4.98. The Morgan fingerprint density at radius 2 is 1.83 bits per heavy atom. The van der Waals surface area contributed by atoms with E-state index in [0.717, 1.165) is 4.31 Å². The Hall–Kier alpha value is -1.56. The molecule has 1 aromatic rings. The highest BCUT2D eigenvalue weighted by molar-refractivity contribution is 7.91. The van der Waals surface area contributed by atoms with E-state index >= 15 is 0 Å². The highest BCUT2D eigenvalue weighted by atomic mass is 32.2. The Bertz CT molecular complexity index is 581. The maximum absolute atomic E-state index is 12.4. The van der Waals surface area contributed by atoms with Gasteiger partial charge in [0.15, 0.2) is 0 Å². The van der Waals surface area contributed by atoms with Crippen LogP contribution in [0.2, 0.25) is 0 Å². The second-order valence-electron chi connectivity index (χ2n) is 4.38. The van der Waals surface area contributed by atoms with E-state index in [1.807, 2.05) is 0 Å². The molecule has 1 heterocycles. The summed E-state index contributed by atoms with van der Waals surface area (Å²) in [5.41, 5.74) is 0.893. The minimum absolute atomic E-state index is 0.301. The number of hydrogen-bond donors (Lipinski definition) is 0. The Labute approximate surface area is 107 Å². The number of carbonyl (C=O) groups excluding carboxylic acids is 1.